The van der Waals surface area contributed by atoms with Gasteiger partial charge in [0, 0.05) is 12.1 Å². The van der Waals surface area contributed by atoms with E-state index in [4.69, 9.17) is 11.0 Å². The van der Waals surface area contributed by atoms with Crippen LogP contribution in [0.2, 0.25) is 0 Å². The highest BCUT2D eigenvalue weighted by Gasteiger charge is 2.10. The second-order valence-electron chi connectivity index (χ2n) is 3.41. The first kappa shape index (κ1) is 9.69. The maximum absolute atomic E-state index is 8.95. The minimum atomic E-state index is 0.474. The number of hydrogen-bond acceptors (Lipinski definition) is 3. The highest BCUT2D eigenvalue weighted by molar-refractivity contribution is 5.59. The van der Waals surface area contributed by atoms with Crippen LogP contribution in [0.4, 0.5) is 0 Å². The van der Waals surface area contributed by atoms with Gasteiger partial charge in [-0.15, -0.1) is 0 Å². The van der Waals surface area contributed by atoms with Crippen molar-refractivity contribution < 1.29 is 0 Å². The molecule has 2 aromatic heterocycles. The van der Waals surface area contributed by atoms with Crippen molar-refractivity contribution in [2.45, 2.75) is 13.3 Å². The molecule has 0 aromatic carbocycles. The zero-order valence-electron chi connectivity index (χ0n) is 8.57. The van der Waals surface area contributed by atoms with Crippen LogP contribution in [0.1, 0.15) is 17.2 Å². The molecule has 0 fully saturated rings. The van der Waals surface area contributed by atoms with Crippen LogP contribution in [0.15, 0.2) is 18.2 Å². The fraction of sp³-hybridized carbons (Fsp3) is 0.273. The van der Waals surface area contributed by atoms with Gasteiger partial charge in [-0.2, -0.15) is 5.26 Å². The summed E-state index contributed by atoms with van der Waals surface area (Å²) >= 11 is 0. The lowest BCUT2D eigenvalue weighted by molar-refractivity contribution is 0.849. The number of pyridine rings is 1. The Morgan fingerprint density at radius 1 is 1.53 bits per heavy atom. The first-order valence-electron chi connectivity index (χ1n) is 4.85. The number of nitrogens with two attached hydrogens (primary N) is 1. The fourth-order valence-corrected chi connectivity index (χ4v) is 1.76. The summed E-state index contributed by atoms with van der Waals surface area (Å²) in [5, 5.41) is 8.95. The van der Waals surface area contributed by atoms with Gasteiger partial charge in [-0.3, -0.25) is 4.40 Å². The number of rotatable bonds is 2. The van der Waals surface area contributed by atoms with Gasteiger partial charge in [0.25, 0.3) is 0 Å². The normalized spacial score (nSPS) is 10.5. The van der Waals surface area contributed by atoms with Crippen molar-refractivity contribution in [1.29, 1.82) is 5.26 Å². The van der Waals surface area contributed by atoms with Crippen molar-refractivity contribution >= 4 is 5.52 Å². The third-order valence-corrected chi connectivity index (χ3v) is 2.40. The first-order chi connectivity index (χ1) is 7.27. The van der Waals surface area contributed by atoms with Crippen molar-refractivity contribution in [2.24, 2.45) is 5.73 Å². The summed E-state index contributed by atoms with van der Waals surface area (Å²) in [7, 11) is 0. The van der Waals surface area contributed by atoms with Gasteiger partial charge in [-0.05, 0) is 25.6 Å². The van der Waals surface area contributed by atoms with E-state index >= 15 is 0 Å². The Hall–Kier alpha value is -1.86. The van der Waals surface area contributed by atoms with Crippen LogP contribution in [-0.2, 0) is 6.42 Å². The molecule has 0 bridgehead atoms. The minimum absolute atomic E-state index is 0.474. The zero-order valence-corrected chi connectivity index (χ0v) is 8.57. The summed E-state index contributed by atoms with van der Waals surface area (Å²) in [6.07, 6.45) is 0.688. The molecule has 0 atom stereocenters. The Kier molecular flexibility index (Phi) is 2.40. The summed E-state index contributed by atoms with van der Waals surface area (Å²) < 4.78 is 1.99. The van der Waals surface area contributed by atoms with E-state index < -0.39 is 0 Å². The highest BCUT2D eigenvalue weighted by Crippen LogP contribution is 2.15. The van der Waals surface area contributed by atoms with Crippen LogP contribution < -0.4 is 5.73 Å². The topological polar surface area (TPSA) is 67.1 Å². The van der Waals surface area contributed by atoms with Crippen molar-refractivity contribution in [3.05, 3.63) is 35.4 Å². The van der Waals surface area contributed by atoms with E-state index in [9.17, 15) is 0 Å². The second-order valence-corrected chi connectivity index (χ2v) is 3.41. The van der Waals surface area contributed by atoms with Gasteiger partial charge in [-0.1, -0.05) is 6.07 Å². The molecule has 0 spiro atoms. The van der Waals surface area contributed by atoms with Gasteiger partial charge in [0.1, 0.15) is 11.9 Å². The summed E-state index contributed by atoms with van der Waals surface area (Å²) in [5.74, 6) is 0.863. The lowest BCUT2D eigenvalue weighted by atomic mass is 10.3. The maximum atomic E-state index is 8.95. The lowest BCUT2D eigenvalue weighted by Crippen LogP contribution is -2.07. The molecular formula is C11H12N4. The van der Waals surface area contributed by atoms with Gasteiger partial charge >= 0.3 is 0 Å². The number of fused-ring (bicyclic) bond motifs is 1. The van der Waals surface area contributed by atoms with Gasteiger partial charge in [0.05, 0.1) is 5.52 Å². The van der Waals surface area contributed by atoms with Crippen LogP contribution in [0, 0.1) is 18.3 Å². The Morgan fingerprint density at radius 3 is 3.00 bits per heavy atom. The standard InChI is InChI=1S/C11H12N4/c1-8-3-2-4-10-9(7-13)14-11(5-6-12)15(8)10/h2-4H,5-6,12H2,1H3. The van der Waals surface area contributed by atoms with Crippen LogP contribution in [0.3, 0.4) is 0 Å². The summed E-state index contributed by atoms with van der Waals surface area (Å²) in [6.45, 7) is 2.54. The van der Waals surface area contributed by atoms with E-state index in [0.29, 0.717) is 18.7 Å². The molecule has 15 heavy (non-hydrogen) atoms. The van der Waals surface area contributed by atoms with Gasteiger partial charge in [-0.25, -0.2) is 4.98 Å². The molecule has 0 aliphatic carbocycles. The van der Waals surface area contributed by atoms with E-state index in [1.807, 2.05) is 29.5 Å². The average molecular weight is 200 g/mol. The molecule has 2 heterocycles. The lowest BCUT2D eigenvalue weighted by Gasteiger charge is -2.02. The Morgan fingerprint density at radius 2 is 2.33 bits per heavy atom. The first-order valence-corrected chi connectivity index (χ1v) is 4.85. The number of imidazole rings is 1. The molecular weight excluding hydrogens is 188 g/mol. The average Bonchev–Trinajstić information content (AvgIpc) is 2.59. The van der Waals surface area contributed by atoms with E-state index in [-0.39, 0.29) is 0 Å². The minimum Gasteiger partial charge on any atom is -0.330 e. The van der Waals surface area contributed by atoms with Crippen LogP contribution in [0.25, 0.3) is 5.52 Å². The molecule has 2 aromatic rings. The van der Waals surface area contributed by atoms with E-state index in [2.05, 4.69) is 11.1 Å². The van der Waals surface area contributed by atoms with E-state index in [0.717, 1.165) is 17.0 Å². The smallest absolute Gasteiger partial charge is 0.166 e. The molecule has 4 nitrogen and oxygen atoms in total. The molecule has 4 heteroatoms. The molecule has 76 valence electrons. The Labute approximate surface area is 88.0 Å². The number of nitrogens with zero attached hydrogens (tertiary/aromatic N) is 3. The molecule has 0 unspecified atom stereocenters. The van der Waals surface area contributed by atoms with E-state index in [1.54, 1.807) is 0 Å². The van der Waals surface area contributed by atoms with Gasteiger partial charge in [0.2, 0.25) is 0 Å². The van der Waals surface area contributed by atoms with E-state index in [1.165, 1.54) is 0 Å². The van der Waals surface area contributed by atoms with Crippen LogP contribution in [-0.4, -0.2) is 15.9 Å². The van der Waals surface area contributed by atoms with Crippen LogP contribution in [0.5, 0.6) is 0 Å². The molecule has 0 aliphatic heterocycles. The molecule has 0 amide bonds. The zero-order chi connectivity index (χ0) is 10.8. The Balaban J connectivity index is 2.77. The number of hydrogen-bond donors (Lipinski definition) is 1. The molecule has 0 aliphatic rings. The molecule has 0 saturated carbocycles. The van der Waals surface area contributed by atoms with Gasteiger partial charge in [0.15, 0.2) is 5.69 Å². The summed E-state index contributed by atoms with van der Waals surface area (Å²) in [4.78, 5) is 4.28. The summed E-state index contributed by atoms with van der Waals surface area (Å²) in [5.41, 5.74) is 7.93. The third-order valence-electron chi connectivity index (χ3n) is 2.40. The fourth-order valence-electron chi connectivity index (χ4n) is 1.76. The monoisotopic (exact) mass is 200 g/mol. The number of aryl methyl sites for hydroxylation is 1. The largest absolute Gasteiger partial charge is 0.330 e. The molecule has 2 N–H and O–H groups in total. The van der Waals surface area contributed by atoms with Gasteiger partial charge < -0.3 is 5.73 Å². The third kappa shape index (κ3) is 1.47. The molecule has 0 saturated heterocycles. The predicted octanol–water partition coefficient (Wildman–Crippen LogP) is 1.02. The SMILES string of the molecule is Cc1cccc2c(C#N)nc(CCN)n12. The second kappa shape index (κ2) is 3.71. The van der Waals surface area contributed by atoms with Crippen molar-refractivity contribution in [1.82, 2.24) is 9.38 Å². The maximum Gasteiger partial charge on any atom is 0.166 e. The quantitative estimate of drug-likeness (QED) is 0.786. The summed E-state index contributed by atoms with van der Waals surface area (Å²) in [6, 6.07) is 7.93. The van der Waals surface area contributed by atoms with Crippen LogP contribution >= 0.6 is 0 Å². The van der Waals surface area contributed by atoms with Crippen molar-refractivity contribution in [3.63, 3.8) is 0 Å². The number of aromatic nitrogens is 2. The van der Waals surface area contributed by atoms with Crippen molar-refractivity contribution in [2.75, 3.05) is 6.54 Å². The predicted molar refractivity (Wildman–Crippen MR) is 57.4 cm³/mol. The molecule has 2 rings (SSSR count). The highest BCUT2D eigenvalue weighted by atomic mass is 15.0. The molecule has 0 radical (unpaired) electrons. The van der Waals surface area contributed by atoms with Crippen molar-refractivity contribution in [3.8, 4) is 6.07 Å². The number of nitriles is 1. The Bertz CT molecular complexity index is 533.